The standard InChI is InChI=1S/C20H21BrN2O2S/c1-13(20-22-16-6-4-5-7-18(16)26-20)23(2)19(24)11-9-14-8-10-17(25-3)15(21)12-14/h4-8,10,12-13H,9,11H2,1-3H3. The van der Waals surface area contributed by atoms with Gasteiger partial charge in [0.25, 0.3) is 0 Å². The number of amides is 1. The van der Waals surface area contributed by atoms with Crippen LogP contribution in [0.1, 0.15) is 30.0 Å². The van der Waals surface area contributed by atoms with E-state index in [1.807, 2.05) is 50.4 Å². The number of ether oxygens (including phenoxy) is 1. The minimum Gasteiger partial charge on any atom is -0.496 e. The molecular weight excluding hydrogens is 412 g/mol. The van der Waals surface area contributed by atoms with Gasteiger partial charge in [0.1, 0.15) is 10.8 Å². The third kappa shape index (κ3) is 4.07. The van der Waals surface area contributed by atoms with Crippen LogP contribution in [0.3, 0.4) is 0 Å². The van der Waals surface area contributed by atoms with Gasteiger partial charge in [0.15, 0.2) is 0 Å². The molecular formula is C20H21BrN2O2S. The van der Waals surface area contributed by atoms with Crippen LogP contribution in [-0.4, -0.2) is 29.9 Å². The summed E-state index contributed by atoms with van der Waals surface area (Å²) < 4.78 is 7.30. The smallest absolute Gasteiger partial charge is 0.223 e. The lowest BCUT2D eigenvalue weighted by atomic mass is 10.1. The van der Waals surface area contributed by atoms with Crippen molar-refractivity contribution in [1.82, 2.24) is 9.88 Å². The lowest BCUT2D eigenvalue weighted by molar-refractivity contribution is -0.131. The Labute approximate surface area is 165 Å². The van der Waals surface area contributed by atoms with E-state index in [2.05, 4.69) is 27.0 Å². The number of aryl methyl sites for hydroxylation is 1. The molecule has 1 atom stereocenters. The number of rotatable bonds is 6. The lowest BCUT2D eigenvalue weighted by Gasteiger charge is -2.23. The Kier molecular flexibility index (Phi) is 5.94. The highest BCUT2D eigenvalue weighted by Crippen LogP contribution is 2.29. The first kappa shape index (κ1) is 18.9. The van der Waals surface area contributed by atoms with E-state index in [9.17, 15) is 4.79 Å². The molecule has 0 spiro atoms. The maximum absolute atomic E-state index is 12.6. The molecule has 0 saturated carbocycles. The van der Waals surface area contributed by atoms with Crippen LogP contribution in [0, 0.1) is 0 Å². The fourth-order valence-corrected chi connectivity index (χ4v) is 4.39. The molecule has 0 aliphatic rings. The first-order valence-electron chi connectivity index (χ1n) is 8.43. The average molecular weight is 433 g/mol. The zero-order chi connectivity index (χ0) is 18.7. The van der Waals surface area contributed by atoms with E-state index in [1.54, 1.807) is 23.3 Å². The van der Waals surface area contributed by atoms with E-state index in [0.29, 0.717) is 12.8 Å². The number of para-hydroxylation sites is 1. The molecule has 3 aromatic rings. The van der Waals surface area contributed by atoms with Gasteiger partial charge in [-0.25, -0.2) is 4.98 Å². The van der Waals surface area contributed by atoms with Crippen molar-refractivity contribution in [3.63, 3.8) is 0 Å². The van der Waals surface area contributed by atoms with Crippen molar-refractivity contribution in [2.75, 3.05) is 14.2 Å². The SMILES string of the molecule is COc1ccc(CCC(=O)N(C)C(C)c2nc3ccccc3s2)cc1Br. The van der Waals surface area contributed by atoms with Crippen molar-refractivity contribution < 1.29 is 9.53 Å². The molecule has 0 aliphatic carbocycles. The summed E-state index contributed by atoms with van der Waals surface area (Å²) in [6.07, 6.45) is 1.16. The Balaban J connectivity index is 1.64. The quantitative estimate of drug-likeness (QED) is 0.535. The van der Waals surface area contributed by atoms with E-state index in [4.69, 9.17) is 4.74 Å². The second kappa shape index (κ2) is 8.18. The van der Waals surface area contributed by atoms with E-state index in [1.165, 1.54) is 0 Å². The van der Waals surface area contributed by atoms with Crippen molar-refractivity contribution >= 4 is 43.4 Å². The van der Waals surface area contributed by atoms with E-state index in [-0.39, 0.29) is 11.9 Å². The Bertz CT molecular complexity index is 892. The minimum atomic E-state index is -0.0393. The van der Waals surface area contributed by atoms with Crippen LogP contribution in [0.25, 0.3) is 10.2 Å². The summed E-state index contributed by atoms with van der Waals surface area (Å²) in [4.78, 5) is 19.1. The fourth-order valence-electron chi connectivity index (χ4n) is 2.74. The Morgan fingerprint density at radius 3 is 2.77 bits per heavy atom. The summed E-state index contributed by atoms with van der Waals surface area (Å²) in [6.45, 7) is 2.03. The number of nitrogens with zero attached hydrogens (tertiary/aromatic N) is 2. The van der Waals surface area contributed by atoms with Crippen molar-refractivity contribution in [2.24, 2.45) is 0 Å². The van der Waals surface area contributed by atoms with Crippen molar-refractivity contribution in [2.45, 2.75) is 25.8 Å². The number of carbonyl (C=O) groups is 1. The Hall–Kier alpha value is -1.92. The second-order valence-electron chi connectivity index (χ2n) is 6.17. The van der Waals surface area contributed by atoms with Gasteiger partial charge in [-0.1, -0.05) is 18.2 Å². The molecule has 0 N–H and O–H groups in total. The van der Waals surface area contributed by atoms with Crippen LogP contribution >= 0.6 is 27.3 Å². The van der Waals surface area contributed by atoms with Gasteiger partial charge in [0, 0.05) is 13.5 Å². The molecule has 1 heterocycles. The van der Waals surface area contributed by atoms with Crippen molar-refractivity contribution in [3.05, 3.63) is 57.5 Å². The van der Waals surface area contributed by atoms with Crippen LogP contribution in [0.15, 0.2) is 46.9 Å². The van der Waals surface area contributed by atoms with Gasteiger partial charge in [-0.3, -0.25) is 4.79 Å². The number of fused-ring (bicyclic) bond motifs is 1. The molecule has 6 heteroatoms. The number of hydrogen-bond acceptors (Lipinski definition) is 4. The van der Waals surface area contributed by atoms with E-state index in [0.717, 1.165) is 31.0 Å². The molecule has 0 saturated heterocycles. The van der Waals surface area contributed by atoms with Gasteiger partial charge in [-0.05, 0) is 59.1 Å². The molecule has 26 heavy (non-hydrogen) atoms. The number of methoxy groups -OCH3 is 1. The summed E-state index contributed by atoms with van der Waals surface area (Å²) >= 11 is 5.13. The topological polar surface area (TPSA) is 42.4 Å². The number of hydrogen-bond donors (Lipinski definition) is 0. The monoisotopic (exact) mass is 432 g/mol. The lowest BCUT2D eigenvalue weighted by Crippen LogP contribution is -2.29. The van der Waals surface area contributed by atoms with Crippen molar-refractivity contribution in [3.8, 4) is 5.75 Å². The van der Waals surface area contributed by atoms with E-state index >= 15 is 0 Å². The highest BCUT2D eigenvalue weighted by Gasteiger charge is 2.20. The highest BCUT2D eigenvalue weighted by molar-refractivity contribution is 9.10. The van der Waals surface area contributed by atoms with Crippen LogP contribution in [-0.2, 0) is 11.2 Å². The Morgan fingerprint density at radius 2 is 2.08 bits per heavy atom. The van der Waals surface area contributed by atoms with Gasteiger partial charge in [-0.2, -0.15) is 0 Å². The number of halogens is 1. The van der Waals surface area contributed by atoms with Crippen molar-refractivity contribution in [1.29, 1.82) is 0 Å². The Morgan fingerprint density at radius 1 is 1.31 bits per heavy atom. The largest absolute Gasteiger partial charge is 0.496 e. The van der Waals surface area contributed by atoms with Gasteiger partial charge in [0.05, 0.1) is 27.8 Å². The molecule has 4 nitrogen and oxygen atoms in total. The van der Waals surface area contributed by atoms with Crippen LogP contribution in [0.5, 0.6) is 5.75 Å². The number of thiazole rings is 1. The summed E-state index contributed by atoms with van der Waals surface area (Å²) in [7, 11) is 3.49. The predicted molar refractivity (Wildman–Crippen MR) is 110 cm³/mol. The summed E-state index contributed by atoms with van der Waals surface area (Å²) in [5.41, 5.74) is 2.09. The number of aromatic nitrogens is 1. The maximum atomic E-state index is 12.6. The molecule has 3 rings (SSSR count). The molecule has 1 aromatic heterocycles. The predicted octanol–water partition coefficient (Wildman–Crippen LogP) is 5.22. The maximum Gasteiger partial charge on any atom is 0.223 e. The third-order valence-electron chi connectivity index (χ3n) is 4.49. The highest BCUT2D eigenvalue weighted by atomic mass is 79.9. The zero-order valence-electron chi connectivity index (χ0n) is 15.0. The summed E-state index contributed by atoms with van der Waals surface area (Å²) in [5.74, 6) is 0.908. The average Bonchev–Trinajstić information content (AvgIpc) is 3.09. The third-order valence-corrected chi connectivity index (χ3v) is 6.31. The zero-order valence-corrected chi connectivity index (χ0v) is 17.4. The minimum absolute atomic E-state index is 0.0393. The van der Waals surface area contributed by atoms with Crippen LogP contribution < -0.4 is 4.74 Å². The van der Waals surface area contributed by atoms with Gasteiger partial charge in [0.2, 0.25) is 5.91 Å². The molecule has 0 aliphatic heterocycles. The molecule has 1 unspecified atom stereocenters. The van der Waals surface area contributed by atoms with E-state index < -0.39 is 0 Å². The second-order valence-corrected chi connectivity index (χ2v) is 8.09. The molecule has 0 radical (unpaired) electrons. The summed E-state index contributed by atoms with van der Waals surface area (Å²) in [5, 5.41) is 0.967. The molecule has 2 aromatic carbocycles. The first-order valence-corrected chi connectivity index (χ1v) is 10.0. The molecule has 136 valence electrons. The van der Waals surface area contributed by atoms with Gasteiger partial charge < -0.3 is 9.64 Å². The summed E-state index contributed by atoms with van der Waals surface area (Å²) in [6, 6.07) is 13.9. The molecule has 0 bridgehead atoms. The van der Waals surface area contributed by atoms with Gasteiger partial charge in [-0.15, -0.1) is 11.3 Å². The fraction of sp³-hybridized carbons (Fsp3) is 0.300. The number of benzene rings is 2. The molecule has 1 amide bonds. The van der Waals surface area contributed by atoms with Crippen LogP contribution in [0.4, 0.5) is 0 Å². The normalized spacial score (nSPS) is 12.2. The first-order chi connectivity index (χ1) is 12.5. The molecule has 0 fully saturated rings. The number of carbonyl (C=O) groups excluding carboxylic acids is 1. The van der Waals surface area contributed by atoms with Crippen LogP contribution in [0.2, 0.25) is 0 Å². The van der Waals surface area contributed by atoms with Gasteiger partial charge >= 0.3 is 0 Å².